The first-order valence-corrected chi connectivity index (χ1v) is 8.47. The monoisotopic (exact) mass is 293 g/mol. The minimum Gasteiger partial charge on any atom is -0.314 e. The fourth-order valence-electron chi connectivity index (χ4n) is 4.02. The normalized spacial score (nSPS) is 27.5. The standard InChI is InChI=1S/C19H23N3/c1-2-15-14-19(15,16-10-6-5-7-11-16)18-21-20-17-12-8-3-4-9-13-22(17)18/h2,5-7,10-11,15H,1,3-4,8-9,12-14H2. The molecular weight excluding hydrogens is 270 g/mol. The predicted molar refractivity (Wildman–Crippen MR) is 87.7 cm³/mol. The van der Waals surface area contributed by atoms with Gasteiger partial charge in [-0.25, -0.2) is 0 Å². The van der Waals surface area contributed by atoms with E-state index in [4.69, 9.17) is 0 Å². The molecule has 1 aromatic heterocycles. The molecular formula is C19H23N3. The number of hydrogen-bond acceptors (Lipinski definition) is 2. The average molecular weight is 293 g/mol. The van der Waals surface area contributed by atoms with Crippen LogP contribution >= 0.6 is 0 Å². The lowest BCUT2D eigenvalue weighted by atomic mass is 9.91. The molecule has 2 aromatic rings. The first-order valence-electron chi connectivity index (χ1n) is 8.47. The Morgan fingerprint density at radius 2 is 1.91 bits per heavy atom. The van der Waals surface area contributed by atoms with Crippen LogP contribution in [0.25, 0.3) is 0 Å². The summed E-state index contributed by atoms with van der Waals surface area (Å²) in [7, 11) is 0. The fraction of sp³-hybridized carbons (Fsp3) is 0.474. The summed E-state index contributed by atoms with van der Waals surface area (Å²) in [5.74, 6) is 2.83. The second-order valence-electron chi connectivity index (χ2n) is 6.64. The molecule has 2 heterocycles. The minimum absolute atomic E-state index is 0.00740. The van der Waals surface area contributed by atoms with Gasteiger partial charge in [-0.1, -0.05) is 49.2 Å². The Hall–Kier alpha value is -1.90. The fourth-order valence-corrected chi connectivity index (χ4v) is 4.02. The van der Waals surface area contributed by atoms with Gasteiger partial charge in [0.15, 0.2) is 0 Å². The maximum absolute atomic E-state index is 4.66. The molecule has 1 aliphatic carbocycles. The van der Waals surface area contributed by atoms with Crippen molar-refractivity contribution in [2.75, 3.05) is 0 Å². The van der Waals surface area contributed by atoms with E-state index in [0.29, 0.717) is 5.92 Å². The van der Waals surface area contributed by atoms with Crippen LogP contribution in [0.5, 0.6) is 0 Å². The van der Waals surface area contributed by atoms with Crippen molar-refractivity contribution in [2.45, 2.75) is 50.5 Å². The molecule has 3 nitrogen and oxygen atoms in total. The van der Waals surface area contributed by atoms with E-state index < -0.39 is 0 Å². The highest BCUT2D eigenvalue weighted by atomic mass is 15.3. The van der Waals surface area contributed by atoms with E-state index in [0.717, 1.165) is 19.4 Å². The second kappa shape index (κ2) is 5.38. The van der Waals surface area contributed by atoms with E-state index in [1.807, 2.05) is 0 Å². The Morgan fingerprint density at radius 3 is 2.68 bits per heavy atom. The average Bonchev–Trinajstić information content (AvgIpc) is 3.16. The van der Waals surface area contributed by atoms with Crippen molar-refractivity contribution >= 4 is 0 Å². The first kappa shape index (κ1) is 13.7. The summed E-state index contributed by atoms with van der Waals surface area (Å²) in [4.78, 5) is 0. The van der Waals surface area contributed by atoms with Crippen molar-refractivity contribution in [3.63, 3.8) is 0 Å². The minimum atomic E-state index is 0.00740. The van der Waals surface area contributed by atoms with Gasteiger partial charge in [0, 0.05) is 13.0 Å². The molecule has 22 heavy (non-hydrogen) atoms. The molecule has 1 aromatic carbocycles. The molecule has 1 aliphatic heterocycles. The highest BCUT2D eigenvalue weighted by molar-refractivity contribution is 5.44. The maximum atomic E-state index is 4.66. The van der Waals surface area contributed by atoms with Crippen molar-refractivity contribution in [3.05, 3.63) is 60.2 Å². The van der Waals surface area contributed by atoms with Crippen LogP contribution in [0.3, 0.4) is 0 Å². The second-order valence-corrected chi connectivity index (χ2v) is 6.64. The molecule has 0 amide bonds. The summed E-state index contributed by atoms with van der Waals surface area (Å²) in [6, 6.07) is 10.8. The third kappa shape index (κ3) is 2.03. The van der Waals surface area contributed by atoms with Crippen molar-refractivity contribution in [1.29, 1.82) is 0 Å². The Morgan fingerprint density at radius 1 is 1.09 bits per heavy atom. The van der Waals surface area contributed by atoms with Crippen LogP contribution in [0.1, 0.15) is 49.3 Å². The van der Waals surface area contributed by atoms with Gasteiger partial charge in [-0.15, -0.1) is 16.8 Å². The zero-order valence-corrected chi connectivity index (χ0v) is 13.0. The summed E-state index contributed by atoms with van der Waals surface area (Å²) in [5, 5.41) is 9.19. The van der Waals surface area contributed by atoms with Crippen molar-refractivity contribution in [3.8, 4) is 0 Å². The van der Waals surface area contributed by atoms with Gasteiger partial charge in [-0.3, -0.25) is 0 Å². The third-order valence-corrected chi connectivity index (χ3v) is 5.35. The number of allylic oxidation sites excluding steroid dienone is 1. The third-order valence-electron chi connectivity index (χ3n) is 5.35. The van der Waals surface area contributed by atoms with Gasteiger partial charge in [0.25, 0.3) is 0 Å². The van der Waals surface area contributed by atoms with Crippen LogP contribution in [0.4, 0.5) is 0 Å². The lowest BCUT2D eigenvalue weighted by molar-refractivity contribution is 0.492. The highest BCUT2D eigenvalue weighted by Crippen LogP contribution is 2.58. The van der Waals surface area contributed by atoms with E-state index in [9.17, 15) is 0 Å². The molecule has 0 N–H and O–H groups in total. The van der Waals surface area contributed by atoms with E-state index in [1.54, 1.807) is 0 Å². The summed E-state index contributed by atoms with van der Waals surface area (Å²) < 4.78 is 2.41. The quantitative estimate of drug-likeness (QED) is 0.804. The zero-order valence-electron chi connectivity index (χ0n) is 13.0. The molecule has 4 rings (SSSR count). The SMILES string of the molecule is C=CC1CC1(c1ccccc1)c1nnc2n1CCCCCC2. The van der Waals surface area contributed by atoms with Crippen LogP contribution in [-0.4, -0.2) is 14.8 Å². The van der Waals surface area contributed by atoms with Gasteiger partial charge < -0.3 is 4.57 Å². The molecule has 0 radical (unpaired) electrons. The maximum Gasteiger partial charge on any atom is 0.144 e. The summed E-state index contributed by atoms with van der Waals surface area (Å²) in [6.45, 7) is 5.11. The molecule has 0 bridgehead atoms. The molecule has 2 atom stereocenters. The summed E-state index contributed by atoms with van der Waals surface area (Å²) >= 11 is 0. The molecule has 114 valence electrons. The van der Waals surface area contributed by atoms with Gasteiger partial charge in [-0.2, -0.15) is 0 Å². The highest BCUT2D eigenvalue weighted by Gasteiger charge is 2.58. The summed E-state index contributed by atoms with van der Waals surface area (Å²) in [5.41, 5.74) is 1.37. The lowest BCUT2D eigenvalue weighted by Crippen LogP contribution is -2.21. The van der Waals surface area contributed by atoms with Crippen LogP contribution in [0.2, 0.25) is 0 Å². The molecule has 2 aliphatic rings. The lowest BCUT2D eigenvalue weighted by Gasteiger charge is -2.20. The van der Waals surface area contributed by atoms with Gasteiger partial charge in [-0.05, 0) is 30.7 Å². The topological polar surface area (TPSA) is 30.7 Å². The zero-order chi connectivity index (χ0) is 15.0. The van der Waals surface area contributed by atoms with Crippen LogP contribution in [-0.2, 0) is 18.4 Å². The van der Waals surface area contributed by atoms with Gasteiger partial charge in [0.1, 0.15) is 11.6 Å². The number of nitrogens with zero attached hydrogens (tertiary/aromatic N) is 3. The number of benzene rings is 1. The van der Waals surface area contributed by atoms with Gasteiger partial charge in [0.2, 0.25) is 0 Å². The first-order chi connectivity index (χ1) is 10.9. The smallest absolute Gasteiger partial charge is 0.144 e. The molecule has 0 spiro atoms. The van der Waals surface area contributed by atoms with Crippen molar-refractivity contribution in [1.82, 2.24) is 14.8 Å². The molecule has 1 saturated carbocycles. The van der Waals surface area contributed by atoms with Crippen LogP contribution < -0.4 is 0 Å². The Kier molecular flexibility index (Phi) is 3.36. The van der Waals surface area contributed by atoms with Crippen LogP contribution in [0, 0.1) is 5.92 Å². The summed E-state index contributed by atoms with van der Waals surface area (Å²) in [6.07, 6.45) is 9.39. The van der Waals surface area contributed by atoms with Gasteiger partial charge >= 0.3 is 0 Å². The number of rotatable bonds is 3. The van der Waals surface area contributed by atoms with Crippen LogP contribution in [0.15, 0.2) is 43.0 Å². The molecule has 0 saturated heterocycles. The predicted octanol–water partition coefficient (Wildman–Crippen LogP) is 3.89. The number of aryl methyl sites for hydroxylation is 1. The van der Waals surface area contributed by atoms with Crippen molar-refractivity contribution in [2.24, 2.45) is 5.92 Å². The Balaban J connectivity index is 1.81. The number of aromatic nitrogens is 3. The molecule has 3 heteroatoms. The largest absolute Gasteiger partial charge is 0.314 e. The van der Waals surface area contributed by atoms with E-state index >= 15 is 0 Å². The Labute approximate surface area is 132 Å². The molecule has 2 unspecified atom stereocenters. The number of hydrogen-bond donors (Lipinski definition) is 0. The molecule has 1 fully saturated rings. The van der Waals surface area contributed by atoms with E-state index in [1.165, 1.54) is 42.9 Å². The van der Waals surface area contributed by atoms with Gasteiger partial charge in [0.05, 0.1) is 5.41 Å². The van der Waals surface area contributed by atoms with E-state index in [-0.39, 0.29) is 5.41 Å². The Bertz CT molecular complexity index is 673. The number of fused-ring (bicyclic) bond motifs is 1. The van der Waals surface area contributed by atoms with Crippen molar-refractivity contribution < 1.29 is 0 Å². The van der Waals surface area contributed by atoms with E-state index in [2.05, 4.69) is 57.8 Å².